The Bertz CT molecular complexity index is 7450. The molecular weight excluding hydrogens is 2220 g/mol. The monoisotopic (exact) mass is 2290 g/mol. The van der Waals surface area contributed by atoms with Crippen LogP contribution in [0.4, 0.5) is 37.2 Å². The number of rotatable bonds is 20. The van der Waals surface area contributed by atoms with E-state index in [9.17, 15) is 67.7 Å². The summed E-state index contributed by atoms with van der Waals surface area (Å²) in [4.78, 5) is 106. The van der Waals surface area contributed by atoms with Crippen LogP contribution in [0.1, 0.15) is 111 Å². The Morgan fingerprint density at radius 3 is 1.21 bits per heavy atom. The number of esters is 3. The van der Waals surface area contributed by atoms with Crippen LogP contribution in [0.15, 0.2) is 316 Å². The van der Waals surface area contributed by atoms with Crippen LogP contribution < -0.4 is 26.3 Å². The van der Waals surface area contributed by atoms with Gasteiger partial charge in [-0.05, 0) is 242 Å². The second-order valence-corrected chi connectivity index (χ2v) is 37.7. The fourth-order valence-corrected chi connectivity index (χ4v) is 17.8. The molecule has 1 aliphatic rings. The second kappa shape index (κ2) is 63.1. The molecule has 1 heterocycles. The number of nitrogens with two attached hydrogens (primary N) is 2. The van der Waals surface area contributed by atoms with Crippen molar-refractivity contribution in [2.45, 2.75) is 60.5 Å². The van der Waals surface area contributed by atoms with Gasteiger partial charge in [-0.25, -0.2) is 33.2 Å². The maximum absolute atomic E-state index is 12.8. The molecule has 14 aromatic carbocycles. The van der Waals surface area contributed by atoms with Crippen molar-refractivity contribution in [2.75, 3.05) is 59.4 Å². The van der Waals surface area contributed by atoms with Crippen LogP contribution in [0.3, 0.4) is 0 Å². The molecule has 0 atom stereocenters. The number of carbonyl (C=O) groups excluding carboxylic acids is 4. The van der Waals surface area contributed by atoms with E-state index >= 15 is 0 Å². The number of nitrogen functional groups attached to an aromatic ring is 2. The topological polar surface area (TPSA) is 516 Å². The molecule has 0 spiro atoms. The Balaban J connectivity index is 0.000000260. The summed E-state index contributed by atoms with van der Waals surface area (Å²) < 4.78 is 48.9. The van der Waals surface area contributed by atoms with Gasteiger partial charge in [0, 0.05) is 121 Å². The number of nitrogens with zero attached hydrogens (tertiary/aromatic N) is 7. The third-order valence-electron chi connectivity index (χ3n) is 18.8. The number of ether oxygens (including phenoxy) is 5. The highest BCUT2D eigenvalue weighted by Gasteiger charge is 2.25. The molecule has 0 aliphatic carbocycles. The molecule has 1 aliphatic heterocycles. The first kappa shape index (κ1) is 124. The lowest BCUT2D eigenvalue weighted by Crippen LogP contribution is -2.12. The van der Waals surface area contributed by atoms with Crippen LogP contribution in [0.2, 0.25) is 35.2 Å². The van der Waals surface area contributed by atoms with Crippen LogP contribution in [0.5, 0.6) is 11.5 Å². The molecule has 0 radical (unpaired) electrons. The zero-order valence-electron chi connectivity index (χ0n) is 78.3. The molecule has 46 heteroatoms. The number of thioether (sulfide) groups is 1. The highest BCUT2D eigenvalue weighted by atomic mass is 35.5. The van der Waals surface area contributed by atoms with Crippen molar-refractivity contribution in [2.24, 2.45) is 0 Å². The van der Waals surface area contributed by atoms with Gasteiger partial charge in [0.25, 0.3) is 11.6 Å². The minimum Gasteiger partial charge on any atom is -0.497 e. The van der Waals surface area contributed by atoms with Gasteiger partial charge >= 0.3 is 41.5 Å². The molecule has 1 amide bonds. The number of halogens is 9. The molecule has 15 rings (SSSR count). The van der Waals surface area contributed by atoms with Gasteiger partial charge in [-0.2, -0.15) is 43.3 Å². The number of nitriles is 5. The van der Waals surface area contributed by atoms with Gasteiger partial charge in [-0.15, -0.1) is 24.4 Å². The lowest BCUT2D eigenvalue weighted by molar-refractivity contribution is -0.387. The van der Waals surface area contributed by atoms with E-state index in [-0.39, 0.29) is 50.7 Å². The first-order valence-electron chi connectivity index (χ1n) is 41.6. The number of thiol groups is 2. The van der Waals surface area contributed by atoms with Crippen molar-refractivity contribution < 1.29 is 96.3 Å². The zero-order chi connectivity index (χ0) is 111. The molecule has 0 saturated carbocycles. The average Bonchev–Trinajstić information content (AvgIpc) is 1.65. The molecule has 0 unspecified atom stereocenters. The van der Waals surface area contributed by atoms with Crippen LogP contribution in [0.25, 0.3) is 0 Å². The Morgan fingerprint density at radius 1 is 0.407 bits per heavy atom. The van der Waals surface area contributed by atoms with Crippen molar-refractivity contribution >= 4 is 235 Å². The van der Waals surface area contributed by atoms with E-state index in [2.05, 4.69) is 56.9 Å². The third-order valence-corrected chi connectivity index (χ3v) is 26.9. The quantitative estimate of drug-likeness (QED) is 0.00651. The average molecular weight is 2300 g/mol. The Hall–Kier alpha value is -14.9. The summed E-state index contributed by atoms with van der Waals surface area (Å²) in [5.41, 5.74) is 17.4. The van der Waals surface area contributed by atoms with E-state index in [1.54, 1.807) is 153 Å². The Kier molecular flexibility index (Phi) is 52.1. The predicted octanol–water partition coefficient (Wildman–Crippen LogP) is 27.6. The number of nitrogens with one attached hydrogen (secondary N) is 1. The summed E-state index contributed by atoms with van der Waals surface area (Å²) in [5, 5.41) is 106. The number of aliphatic hydroxyl groups is 1. The lowest BCUT2D eigenvalue weighted by atomic mass is 10.2. The molecule has 30 nitrogen and oxygen atoms in total. The van der Waals surface area contributed by atoms with Gasteiger partial charge < -0.3 is 60.9 Å². The van der Waals surface area contributed by atoms with Gasteiger partial charge in [0.2, 0.25) is 5.82 Å². The molecule has 0 saturated heterocycles. The minimum absolute atomic E-state index is 0.0208. The number of hydrogen-bond acceptors (Lipinski definition) is 31. The zero-order valence-corrected chi connectivity index (χ0v) is 89.4. The molecule has 0 bridgehead atoms. The largest absolute Gasteiger partial charge is 0.497 e. The number of methoxy groups -OCH3 is 5. The minimum atomic E-state index is -1.10. The SMILES string of the molecule is CO.COC(=O)c1ccc(F)c([N+](=O)[O-])c1.COC(=O)c1ccc(Sc2ccc(Cl)cc2C#N)c(N)c1.COC(=O)c1ccc(Sc2ccc(Cl)cc2C#N)c([N+](=O)[O-])c1.COc1ccc(CS)cc1.COc1ccc(CSc2ccc(Cl)cc2C#N)cc1.N#Cc1cc(Cl)ccc1F.N#Cc1cc(Cl)ccc1S.Nc1cc(C(=O)O)ccc1Sc1ccc(Cl)cc1C(=O)O.O=C(O)c1ccc2c(c1)NC(=O)c1cc(Cl)ccc1S2. The second-order valence-electron chi connectivity index (χ2n) is 28.5. The van der Waals surface area contributed by atoms with Gasteiger partial charge in [0.1, 0.15) is 47.7 Å². The maximum Gasteiger partial charge on any atom is 0.338 e. The van der Waals surface area contributed by atoms with Crippen LogP contribution >= 0.6 is 165 Å². The maximum atomic E-state index is 12.8. The molecule has 0 fully saturated rings. The van der Waals surface area contributed by atoms with E-state index in [1.807, 2.05) is 66.7 Å². The first-order valence-corrected chi connectivity index (χ1v) is 49.5. The smallest absolute Gasteiger partial charge is 0.338 e. The van der Waals surface area contributed by atoms with E-state index in [0.29, 0.717) is 104 Å². The number of fused-ring (bicyclic) bond motifs is 2. The fraction of sp³-hybridized carbons (Fsp3) is 0.0769. The number of benzene rings is 14. The van der Waals surface area contributed by atoms with Gasteiger partial charge in [0.05, 0.1) is 123 Å². The van der Waals surface area contributed by atoms with Crippen LogP contribution in [0, 0.1) is 88.5 Å². The predicted molar refractivity (Wildman–Crippen MR) is 581 cm³/mol. The number of carboxylic acids is 3. The summed E-state index contributed by atoms with van der Waals surface area (Å²) in [6.45, 7) is 0. The molecule has 150 heavy (non-hydrogen) atoms. The van der Waals surface area contributed by atoms with Crippen molar-refractivity contribution in [3.63, 3.8) is 0 Å². The number of nitro benzene ring substituents is 2. The number of carbonyl (C=O) groups is 7. The summed E-state index contributed by atoms with van der Waals surface area (Å²) in [5.74, 6) is -3.53. The van der Waals surface area contributed by atoms with Gasteiger partial charge in [-0.3, -0.25) is 25.0 Å². The summed E-state index contributed by atoms with van der Waals surface area (Å²) in [7, 11) is 7.96. The van der Waals surface area contributed by atoms with Gasteiger partial charge in [-0.1, -0.05) is 153 Å². The van der Waals surface area contributed by atoms with E-state index in [1.165, 1.54) is 116 Å². The highest BCUT2D eigenvalue weighted by molar-refractivity contribution is 8.00. The summed E-state index contributed by atoms with van der Waals surface area (Å²) in [6, 6.07) is 80.0. The van der Waals surface area contributed by atoms with Crippen molar-refractivity contribution in [3.05, 3.63) is 412 Å². The number of amides is 1. The number of hydrogen-bond donors (Lipinski definition) is 9. The lowest BCUT2D eigenvalue weighted by Gasteiger charge is -2.09. The van der Waals surface area contributed by atoms with Crippen LogP contribution in [-0.2, 0) is 25.7 Å². The standard InChI is InChI=1S/C15H9ClN2O4S.C15H11ClN2O2S.C15H12ClNOS.C14H10ClNO4S.C14H8ClNO3S.C8H6FNO4.C8H10OS.C7H3ClFN.C7H4ClNS.CH4O/c1-22-15(19)9-2-4-14(12(7-9)18(20)21)23-13-5-3-11(16)6-10(13)8-17;1-20-15(19)9-2-4-14(12(18)7-9)21-13-5-3-11(16)6-10(13)8-17;1-18-14-5-2-11(3-6-14)10-19-15-7-4-13(16)8-12(15)9-17;15-8-2-4-11(9(6-8)14(19)20)21-12-3-1-7(13(17)18)5-10(12)16;15-8-2-4-11-9(6-8)13(17)16-10-5-7(14(18)19)1-3-12(10)20-11;1-14-8(11)5-2-3-6(9)7(4-5)10(12)13;1-9-8-4-2-7(6-10)3-5-8;8-6-1-2-7(9)5(3-6)4-10;8-6-1-2-7(10)5(3-6)4-9;1-2/h2-7H,1H3;2-7H,18H2,1H3;2-8H,10H2,1H3;1-6H,16H2,(H,17,18)(H,19,20);1-6H,(H,16,17)(H,18,19);2-4H,1H3;2-5,10H,6H2,1H3;1-3H;1-3,10H;2H,1H3. The number of carboxylic acid groups (broad SMARTS) is 3. The first-order chi connectivity index (χ1) is 71.5. The number of nitro groups is 2. The number of aliphatic hydroxyl groups excluding tert-OH is 1. The van der Waals surface area contributed by atoms with Crippen molar-refractivity contribution in [3.8, 4) is 41.8 Å². The molecule has 14 aromatic rings. The molecular formula is C104H77Cl7F2N10O20S7. The molecule has 768 valence electrons. The summed E-state index contributed by atoms with van der Waals surface area (Å²) >= 11 is 55.1. The number of anilines is 3. The van der Waals surface area contributed by atoms with E-state index < -0.39 is 63.0 Å². The Labute approximate surface area is 923 Å². The summed E-state index contributed by atoms with van der Waals surface area (Å²) in [6.07, 6.45) is 0. The third kappa shape index (κ3) is 39.0. The molecule has 0 aromatic heterocycles. The normalized spacial score (nSPS) is 10.1. The highest BCUT2D eigenvalue weighted by Crippen LogP contribution is 2.43. The van der Waals surface area contributed by atoms with Crippen molar-refractivity contribution in [1.29, 1.82) is 26.3 Å². The van der Waals surface area contributed by atoms with Crippen molar-refractivity contribution in [1.82, 2.24) is 0 Å². The molecule has 9 N–H and O–H groups in total. The van der Waals surface area contributed by atoms with E-state index in [4.69, 9.17) is 144 Å². The van der Waals surface area contributed by atoms with Crippen LogP contribution in [-0.4, -0.2) is 115 Å². The van der Waals surface area contributed by atoms with E-state index in [0.717, 1.165) is 109 Å². The number of aromatic carboxylic acids is 3. The Morgan fingerprint density at radius 2 is 0.760 bits per heavy atom. The van der Waals surface area contributed by atoms with Gasteiger partial charge in [0.15, 0.2) is 0 Å². The fourth-order valence-electron chi connectivity index (χ4n) is 11.5.